The Hall–Kier alpha value is -2.75. The van der Waals surface area contributed by atoms with Gasteiger partial charge in [-0.2, -0.15) is 13.2 Å². The molecule has 7 nitrogen and oxygen atoms in total. The van der Waals surface area contributed by atoms with Crippen LogP contribution in [0, 0.1) is 0 Å². The minimum atomic E-state index is -4.59. The van der Waals surface area contributed by atoms with Crippen LogP contribution in [0.15, 0.2) is 30.9 Å². The van der Waals surface area contributed by atoms with Crippen LogP contribution in [0.3, 0.4) is 0 Å². The van der Waals surface area contributed by atoms with Gasteiger partial charge in [0, 0.05) is 30.7 Å². The molecule has 2 aromatic rings. The summed E-state index contributed by atoms with van der Waals surface area (Å²) in [7, 11) is 1.46. The van der Waals surface area contributed by atoms with Crippen molar-refractivity contribution in [3.05, 3.63) is 47.8 Å². The smallest absolute Gasteiger partial charge is 0.434 e. The average Bonchev–Trinajstić information content (AvgIpc) is 2.67. The zero-order valence-corrected chi connectivity index (χ0v) is 15.5. The van der Waals surface area contributed by atoms with Crippen LogP contribution in [-0.4, -0.2) is 51.1 Å². The third-order valence-electron chi connectivity index (χ3n) is 3.96. The molecule has 0 aliphatic rings. The van der Waals surface area contributed by atoms with Gasteiger partial charge in [-0.15, -0.1) is 0 Å². The van der Waals surface area contributed by atoms with E-state index in [-0.39, 0.29) is 24.6 Å². The van der Waals surface area contributed by atoms with Crippen molar-refractivity contribution >= 4 is 5.91 Å². The Morgan fingerprint density at radius 3 is 2.61 bits per heavy atom. The number of ether oxygens (including phenoxy) is 1. The second-order valence-corrected chi connectivity index (χ2v) is 6.04. The van der Waals surface area contributed by atoms with Crippen molar-refractivity contribution in [2.45, 2.75) is 32.0 Å². The van der Waals surface area contributed by atoms with Crippen molar-refractivity contribution in [2.75, 3.05) is 20.2 Å². The molecular formula is C18H21F3N4O3. The highest BCUT2D eigenvalue weighted by atomic mass is 19.4. The minimum Gasteiger partial charge on any atom is -0.496 e. The van der Waals surface area contributed by atoms with Crippen molar-refractivity contribution in [1.82, 2.24) is 19.9 Å². The Morgan fingerprint density at radius 2 is 2.04 bits per heavy atom. The Bertz CT molecular complexity index is 784. The Kier molecular flexibility index (Phi) is 7.27. The van der Waals surface area contributed by atoms with Crippen LogP contribution in [0.5, 0.6) is 5.75 Å². The molecule has 0 spiro atoms. The Labute approximate surface area is 160 Å². The van der Waals surface area contributed by atoms with Gasteiger partial charge in [0.15, 0.2) is 5.69 Å². The van der Waals surface area contributed by atoms with E-state index in [1.165, 1.54) is 24.4 Å². The van der Waals surface area contributed by atoms with Gasteiger partial charge in [0.1, 0.15) is 11.9 Å². The highest BCUT2D eigenvalue weighted by Gasteiger charge is 2.32. The summed E-state index contributed by atoms with van der Waals surface area (Å²) in [5.74, 6) is 0.0674. The molecule has 0 fully saturated rings. The lowest BCUT2D eigenvalue weighted by Crippen LogP contribution is -2.36. The van der Waals surface area contributed by atoms with E-state index in [2.05, 4.69) is 15.0 Å². The van der Waals surface area contributed by atoms with Gasteiger partial charge < -0.3 is 14.7 Å². The first-order chi connectivity index (χ1) is 13.3. The molecule has 0 bridgehead atoms. The molecular weight excluding hydrogens is 377 g/mol. The molecule has 1 amide bonds. The van der Waals surface area contributed by atoms with Gasteiger partial charge >= 0.3 is 6.18 Å². The Morgan fingerprint density at radius 1 is 1.29 bits per heavy atom. The van der Waals surface area contributed by atoms with Crippen LogP contribution in [0.2, 0.25) is 0 Å². The number of carbonyl (C=O) groups excluding carboxylic acids is 1. The molecule has 0 saturated carbocycles. The van der Waals surface area contributed by atoms with E-state index in [4.69, 9.17) is 4.74 Å². The molecule has 0 radical (unpaired) electrons. The summed E-state index contributed by atoms with van der Waals surface area (Å²) in [4.78, 5) is 24.9. The molecule has 2 heterocycles. The quantitative estimate of drug-likeness (QED) is 0.735. The first-order valence-corrected chi connectivity index (χ1v) is 8.58. The normalized spacial score (nSPS) is 12.5. The standard InChI is InChI=1S/C18H21F3N4O3/c1-3-6-25(11-14(26)13-9-22-5-4-15(13)28-2)17(27)7-12-8-24-16(10-23-12)18(19,20)21/h4-5,8-10,14,26H,3,6-7,11H2,1-2H3. The van der Waals surface area contributed by atoms with Crippen molar-refractivity contribution in [2.24, 2.45) is 0 Å². The van der Waals surface area contributed by atoms with Crippen LogP contribution in [0.4, 0.5) is 13.2 Å². The second kappa shape index (κ2) is 9.45. The maximum absolute atomic E-state index is 12.6. The summed E-state index contributed by atoms with van der Waals surface area (Å²) in [6.07, 6.45) is -0.682. The maximum Gasteiger partial charge on any atom is 0.434 e. The molecule has 28 heavy (non-hydrogen) atoms. The van der Waals surface area contributed by atoms with E-state index < -0.39 is 18.0 Å². The molecule has 1 N–H and O–H groups in total. The van der Waals surface area contributed by atoms with Crippen LogP contribution in [-0.2, 0) is 17.4 Å². The van der Waals surface area contributed by atoms with E-state index in [1.807, 2.05) is 6.92 Å². The molecule has 2 rings (SSSR count). The molecule has 1 unspecified atom stereocenters. The van der Waals surface area contributed by atoms with Gasteiger partial charge in [-0.3, -0.25) is 14.8 Å². The molecule has 0 aliphatic heterocycles. The zero-order valence-electron chi connectivity index (χ0n) is 15.5. The predicted octanol–water partition coefficient (Wildman–Crippen LogP) is 2.41. The lowest BCUT2D eigenvalue weighted by Gasteiger charge is -2.25. The number of alkyl halides is 3. The van der Waals surface area contributed by atoms with Crippen molar-refractivity contribution in [1.29, 1.82) is 0 Å². The maximum atomic E-state index is 12.6. The number of halogens is 3. The topological polar surface area (TPSA) is 88.4 Å². The number of carbonyl (C=O) groups is 1. The van der Waals surface area contributed by atoms with Gasteiger partial charge in [-0.25, -0.2) is 4.98 Å². The molecule has 1 atom stereocenters. The summed E-state index contributed by atoms with van der Waals surface area (Å²) in [6, 6.07) is 1.60. The van der Waals surface area contributed by atoms with Crippen LogP contribution in [0.25, 0.3) is 0 Å². The van der Waals surface area contributed by atoms with E-state index in [0.29, 0.717) is 30.5 Å². The van der Waals surface area contributed by atoms with Crippen molar-refractivity contribution in [3.8, 4) is 5.75 Å². The lowest BCUT2D eigenvalue weighted by atomic mass is 10.1. The predicted molar refractivity (Wildman–Crippen MR) is 93.4 cm³/mol. The van der Waals surface area contributed by atoms with Gasteiger partial charge in [0.05, 0.1) is 32.0 Å². The molecule has 0 saturated heterocycles. The van der Waals surface area contributed by atoms with E-state index in [0.717, 1.165) is 6.20 Å². The summed E-state index contributed by atoms with van der Waals surface area (Å²) in [5.41, 5.74) is -0.561. The number of aliphatic hydroxyl groups excluding tert-OH is 1. The van der Waals surface area contributed by atoms with E-state index in [9.17, 15) is 23.1 Å². The van der Waals surface area contributed by atoms with Crippen LogP contribution in [0.1, 0.15) is 36.4 Å². The molecule has 10 heteroatoms. The minimum absolute atomic E-state index is 0.0111. The average molecular weight is 398 g/mol. The summed E-state index contributed by atoms with van der Waals surface area (Å²) >= 11 is 0. The largest absolute Gasteiger partial charge is 0.496 e. The second-order valence-electron chi connectivity index (χ2n) is 6.04. The third-order valence-corrected chi connectivity index (χ3v) is 3.96. The van der Waals surface area contributed by atoms with Crippen molar-refractivity contribution in [3.63, 3.8) is 0 Å². The molecule has 0 aliphatic carbocycles. The van der Waals surface area contributed by atoms with Crippen LogP contribution < -0.4 is 4.74 Å². The summed E-state index contributed by atoms with van der Waals surface area (Å²) < 4.78 is 42.9. The number of hydrogen-bond donors (Lipinski definition) is 1. The van der Waals surface area contributed by atoms with Crippen LogP contribution >= 0.6 is 0 Å². The van der Waals surface area contributed by atoms with Crippen molar-refractivity contribution < 1.29 is 27.8 Å². The first-order valence-electron chi connectivity index (χ1n) is 8.58. The monoisotopic (exact) mass is 398 g/mol. The number of rotatable bonds is 8. The van der Waals surface area contributed by atoms with Gasteiger partial charge in [-0.1, -0.05) is 6.92 Å². The number of aliphatic hydroxyl groups is 1. The van der Waals surface area contributed by atoms with Gasteiger partial charge in [0.2, 0.25) is 5.91 Å². The van der Waals surface area contributed by atoms with E-state index in [1.54, 1.807) is 6.07 Å². The Balaban J connectivity index is 2.09. The highest BCUT2D eigenvalue weighted by Crippen LogP contribution is 2.27. The number of amides is 1. The molecule has 2 aromatic heterocycles. The fourth-order valence-electron chi connectivity index (χ4n) is 2.58. The fraction of sp³-hybridized carbons (Fsp3) is 0.444. The lowest BCUT2D eigenvalue weighted by molar-refractivity contribution is -0.141. The fourth-order valence-corrected chi connectivity index (χ4v) is 2.58. The highest BCUT2D eigenvalue weighted by molar-refractivity contribution is 5.78. The number of methoxy groups -OCH3 is 1. The third kappa shape index (κ3) is 5.62. The zero-order chi connectivity index (χ0) is 20.7. The van der Waals surface area contributed by atoms with E-state index >= 15 is 0 Å². The number of pyridine rings is 1. The number of aromatic nitrogens is 3. The SMILES string of the molecule is CCCN(CC(O)c1cnccc1OC)C(=O)Cc1cnc(C(F)(F)F)cn1. The summed E-state index contributed by atoms with van der Waals surface area (Å²) in [5, 5.41) is 10.5. The number of nitrogens with zero attached hydrogens (tertiary/aromatic N) is 4. The number of hydrogen-bond acceptors (Lipinski definition) is 6. The molecule has 0 aromatic carbocycles. The van der Waals surface area contributed by atoms with Gasteiger partial charge in [0.25, 0.3) is 0 Å². The van der Waals surface area contributed by atoms with Gasteiger partial charge in [-0.05, 0) is 12.5 Å². The first kappa shape index (κ1) is 21.5. The summed E-state index contributed by atoms with van der Waals surface area (Å²) in [6.45, 7) is 2.23. The molecule has 152 valence electrons.